The van der Waals surface area contributed by atoms with Gasteiger partial charge in [-0.2, -0.15) is 0 Å². The van der Waals surface area contributed by atoms with Crippen molar-refractivity contribution in [2.45, 2.75) is 75.0 Å². The molecule has 2 saturated carbocycles. The third-order valence-electron chi connectivity index (χ3n) is 15.1. The summed E-state index contributed by atoms with van der Waals surface area (Å²) in [5, 5.41) is 1.18. The van der Waals surface area contributed by atoms with Crippen LogP contribution in [-0.4, -0.2) is 9.97 Å². The van der Waals surface area contributed by atoms with Gasteiger partial charge in [0.2, 0.25) is 0 Å². The summed E-state index contributed by atoms with van der Waals surface area (Å²) < 4.78 is 2.37. The van der Waals surface area contributed by atoms with Crippen LogP contribution in [0.3, 0.4) is 0 Å². The summed E-state index contributed by atoms with van der Waals surface area (Å²) in [5.41, 5.74) is 21.9. The van der Waals surface area contributed by atoms with Crippen molar-refractivity contribution in [3.05, 3.63) is 180 Å². The number of hydrogen-bond donors (Lipinski definition) is 0. The largest absolute Gasteiger partial charge is 0.226 e. The van der Waals surface area contributed by atoms with Crippen LogP contribution in [0.2, 0.25) is 0 Å². The number of benzene rings is 7. The molecule has 0 saturated heterocycles. The van der Waals surface area contributed by atoms with Gasteiger partial charge in [0.1, 0.15) is 0 Å². The quantitative estimate of drug-likeness (QED) is 0.177. The SMILES string of the molecule is c1ccc(-c2nc(-c3ccc(-c4ccc(-c5ccc6c(c5)C5(CCCCC5)c5cc7c(cc5-6)C5(CCCCC5)c5ccccc5-7)cc4)cc3)c3sc4ccccc4c3n2)cc1. The standard InChI is InChI=1S/C58H46N2S/c1-4-14-41(15-5-1)56-59-53(55-54(60-56)45-17-7-9-19-52(45)61-55)40-26-24-38(25-27-40)37-20-22-39(23-21-37)42-28-29-44-47-36-50-46(35-51(47)58(49(44)34-42)32-12-3-13-33-58)43-16-6-8-18-48(43)57(50)30-10-2-11-31-57/h1,4-9,14-29,34-36H,2-3,10-13,30-33H2. The van der Waals surface area contributed by atoms with Crippen molar-refractivity contribution in [1.82, 2.24) is 9.97 Å². The summed E-state index contributed by atoms with van der Waals surface area (Å²) in [6.07, 6.45) is 13.0. The molecule has 2 aromatic heterocycles. The van der Waals surface area contributed by atoms with Crippen LogP contribution in [0.4, 0.5) is 0 Å². The average Bonchev–Trinajstić information content (AvgIpc) is 3.93. The molecular weight excluding hydrogens is 757 g/mol. The second kappa shape index (κ2) is 13.7. The molecule has 9 aromatic rings. The minimum absolute atomic E-state index is 0.0971. The van der Waals surface area contributed by atoms with Gasteiger partial charge in [-0.1, -0.05) is 172 Å². The summed E-state index contributed by atoms with van der Waals surface area (Å²) in [7, 11) is 0. The lowest BCUT2D eigenvalue weighted by Crippen LogP contribution is -2.29. The van der Waals surface area contributed by atoms with E-state index >= 15 is 0 Å². The topological polar surface area (TPSA) is 25.8 Å². The smallest absolute Gasteiger partial charge is 0.160 e. The van der Waals surface area contributed by atoms with Crippen molar-refractivity contribution in [1.29, 1.82) is 0 Å². The third kappa shape index (κ3) is 5.32. The van der Waals surface area contributed by atoms with E-state index in [0.717, 1.165) is 32.9 Å². The Morgan fingerprint density at radius 2 is 0.902 bits per heavy atom. The molecule has 0 radical (unpaired) electrons. The highest BCUT2D eigenvalue weighted by Crippen LogP contribution is 2.62. The molecule has 0 unspecified atom stereocenters. The third-order valence-corrected chi connectivity index (χ3v) is 16.3. The molecule has 13 rings (SSSR count). The van der Waals surface area contributed by atoms with Gasteiger partial charge in [-0.15, -0.1) is 11.3 Å². The van der Waals surface area contributed by atoms with Gasteiger partial charge in [0.05, 0.1) is 15.9 Å². The molecule has 3 heteroatoms. The molecule has 0 amide bonds. The van der Waals surface area contributed by atoms with Crippen LogP contribution in [0.5, 0.6) is 0 Å². The predicted octanol–water partition coefficient (Wildman–Crippen LogP) is 16.0. The van der Waals surface area contributed by atoms with Crippen molar-refractivity contribution < 1.29 is 0 Å². The van der Waals surface area contributed by atoms with E-state index in [-0.39, 0.29) is 10.8 Å². The molecular formula is C58H46N2S. The van der Waals surface area contributed by atoms with E-state index in [0.29, 0.717) is 0 Å². The van der Waals surface area contributed by atoms with E-state index in [4.69, 9.17) is 9.97 Å². The van der Waals surface area contributed by atoms with Crippen LogP contribution in [0, 0.1) is 0 Å². The van der Waals surface area contributed by atoms with Gasteiger partial charge in [0.25, 0.3) is 0 Å². The zero-order valence-corrected chi connectivity index (χ0v) is 35.2. The molecule has 0 bridgehead atoms. The monoisotopic (exact) mass is 802 g/mol. The van der Waals surface area contributed by atoms with E-state index in [1.807, 2.05) is 6.07 Å². The average molecular weight is 803 g/mol. The first kappa shape index (κ1) is 35.6. The normalized spacial score (nSPS) is 16.8. The second-order valence-corrected chi connectivity index (χ2v) is 19.3. The summed E-state index contributed by atoms with van der Waals surface area (Å²) in [6, 6.07) is 59.4. The van der Waals surface area contributed by atoms with E-state index < -0.39 is 0 Å². The van der Waals surface area contributed by atoms with Crippen molar-refractivity contribution in [2.75, 3.05) is 0 Å². The first-order chi connectivity index (χ1) is 30.2. The summed E-state index contributed by atoms with van der Waals surface area (Å²) in [6.45, 7) is 0. The van der Waals surface area contributed by atoms with Gasteiger partial charge in [-0.05, 0) is 117 Å². The molecule has 61 heavy (non-hydrogen) atoms. The maximum Gasteiger partial charge on any atom is 0.160 e. The Morgan fingerprint density at radius 3 is 1.59 bits per heavy atom. The van der Waals surface area contributed by atoms with Gasteiger partial charge in [-0.25, -0.2) is 9.97 Å². The molecule has 2 heterocycles. The molecule has 2 spiro atoms. The highest BCUT2D eigenvalue weighted by atomic mass is 32.1. The van der Waals surface area contributed by atoms with Crippen LogP contribution >= 0.6 is 11.3 Å². The lowest BCUT2D eigenvalue weighted by Gasteiger charge is -2.37. The molecule has 2 nitrogen and oxygen atoms in total. The lowest BCUT2D eigenvalue weighted by atomic mass is 9.66. The Balaban J connectivity index is 0.848. The van der Waals surface area contributed by atoms with Crippen molar-refractivity contribution in [3.63, 3.8) is 0 Å². The zero-order valence-electron chi connectivity index (χ0n) is 34.4. The fourth-order valence-corrected chi connectivity index (χ4v) is 13.3. The first-order valence-corrected chi connectivity index (χ1v) is 23.4. The Labute approximate surface area is 362 Å². The lowest BCUT2D eigenvalue weighted by molar-refractivity contribution is 0.350. The fraction of sp³-hybridized carbons (Fsp3) is 0.207. The molecule has 0 aliphatic heterocycles. The van der Waals surface area contributed by atoms with Crippen molar-refractivity contribution in [3.8, 4) is 67.2 Å². The molecule has 2 fully saturated rings. The van der Waals surface area contributed by atoms with Crippen LogP contribution < -0.4 is 0 Å². The number of fused-ring (bicyclic) bond motifs is 13. The van der Waals surface area contributed by atoms with Crippen molar-refractivity contribution in [2.24, 2.45) is 0 Å². The zero-order chi connectivity index (χ0) is 40.1. The molecule has 0 atom stereocenters. The Kier molecular flexibility index (Phi) is 7.98. The Morgan fingerprint density at radius 1 is 0.377 bits per heavy atom. The van der Waals surface area contributed by atoms with E-state index in [2.05, 4.69) is 152 Å². The predicted molar refractivity (Wildman–Crippen MR) is 255 cm³/mol. The van der Waals surface area contributed by atoms with Crippen molar-refractivity contribution >= 4 is 31.6 Å². The van der Waals surface area contributed by atoms with Crippen LogP contribution in [0.25, 0.3) is 87.5 Å². The highest BCUT2D eigenvalue weighted by molar-refractivity contribution is 7.26. The summed E-state index contributed by atoms with van der Waals surface area (Å²) >= 11 is 1.78. The van der Waals surface area contributed by atoms with Gasteiger partial charge in [0, 0.05) is 32.0 Å². The Hall–Kier alpha value is -6.16. The highest BCUT2D eigenvalue weighted by Gasteiger charge is 2.49. The van der Waals surface area contributed by atoms with Gasteiger partial charge < -0.3 is 0 Å². The van der Waals surface area contributed by atoms with E-state index in [1.165, 1.54) is 119 Å². The second-order valence-electron chi connectivity index (χ2n) is 18.2. The number of rotatable bonds is 4. The molecule has 7 aromatic carbocycles. The van der Waals surface area contributed by atoms with Gasteiger partial charge >= 0.3 is 0 Å². The molecule has 294 valence electrons. The summed E-state index contributed by atoms with van der Waals surface area (Å²) in [5.74, 6) is 0.762. The fourth-order valence-electron chi connectivity index (χ4n) is 12.2. The van der Waals surface area contributed by atoms with Crippen LogP contribution in [0.15, 0.2) is 158 Å². The molecule has 4 aliphatic carbocycles. The number of thiophene rings is 1. The van der Waals surface area contributed by atoms with E-state index in [1.54, 1.807) is 33.6 Å². The Bertz CT molecular complexity index is 3180. The summed E-state index contributed by atoms with van der Waals surface area (Å²) in [4.78, 5) is 10.3. The van der Waals surface area contributed by atoms with Gasteiger partial charge in [-0.3, -0.25) is 0 Å². The molecule has 0 N–H and O–H groups in total. The van der Waals surface area contributed by atoms with Crippen LogP contribution in [-0.2, 0) is 10.8 Å². The maximum absolute atomic E-state index is 5.20. The minimum Gasteiger partial charge on any atom is -0.226 e. The van der Waals surface area contributed by atoms with Gasteiger partial charge in [0.15, 0.2) is 5.82 Å². The molecule has 4 aliphatic rings. The number of hydrogen-bond acceptors (Lipinski definition) is 3. The van der Waals surface area contributed by atoms with Crippen LogP contribution in [0.1, 0.15) is 86.5 Å². The van der Waals surface area contributed by atoms with E-state index in [9.17, 15) is 0 Å². The number of nitrogens with zero attached hydrogens (tertiary/aromatic N) is 2. The number of aromatic nitrogens is 2. The maximum atomic E-state index is 5.20. The minimum atomic E-state index is 0.0971. The first-order valence-electron chi connectivity index (χ1n) is 22.6.